The summed E-state index contributed by atoms with van der Waals surface area (Å²) < 4.78 is 1.28. The van der Waals surface area contributed by atoms with Crippen LogP contribution < -0.4 is 16.2 Å². The van der Waals surface area contributed by atoms with E-state index in [1.807, 2.05) is 6.92 Å². The second-order valence-corrected chi connectivity index (χ2v) is 6.87. The Morgan fingerprint density at radius 2 is 1.96 bits per heavy atom. The van der Waals surface area contributed by atoms with Crippen molar-refractivity contribution < 1.29 is 9.59 Å². The lowest BCUT2D eigenvalue weighted by atomic mass is 10.2. The standard InChI is InChI=1S/C17H24N4O3S/c1-4-6-8-19-15(23)14-11(3)13-16(25-14)20-10-21(17(13)24)9-12(22)18-7-5-2/h10H,4-9H2,1-3H3,(H,18,22)(H,19,23). The first-order valence-corrected chi connectivity index (χ1v) is 9.34. The molecule has 0 spiro atoms. The minimum Gasteiger partial charge on any atom is -0.355 e. The molecule has 136 valence electrons. The van der Waals surface area contributed by atoms with E-state index in [1.165, 1.54) is 22.2 Å². The molecule has 2 N–H and O–H groups in total. The number of thiophene rings is 1. The lowest BCUT2D eigenvalue weighted by Gasteiger charge is -2.06. The summed E-state index contributed by atoms with van der Waals surface area (Å²) in [6.07, 6.45) is 4.11. The number of aryl methyl sites for hydroxylation is 1. The molecule has 0 atom stereocenters. The molecule has 2 aromatic rings. The van der Waals surface area contributed by atoms with Gasteiger partial charge in [-0.05, 0) is 25.3 Å². The van der Waals surface area contributed by atoms with Crippen molar-refractivity contribution in [2.24, 2.45) is 0 Å². The van der Waals surface area contributed by atoms with E-state index in [9.17, 15) is 14.4 Å². The zero-order valence-electron chi connectivity index (χ0n) is 14.8. The van der Waals surface area contributed by atoms with Crippen molar-refractivity contribution in [2.45, 2.75) is 46.6 Å². The fourth-order valence-electron chi connectivity index (χ4n) is 2.42. The molecule has 2 heterocycles. The number of nitrogens with zero attached hydrogens (tertiary/aromatic N) is 2. The third kappa shape index (κ3) is 4.45. The van der Waals surface area contributed by atoms with Gasteiger partial charge >= 0.3 is 0 Å². The maximum absolute atomic E-state index is 12.7. The van der Waals surface area contributed by atoms with Gasteiger partial charge in [-0.25, -0.2) is 4.98 Å². The minimum absolute atomic E-state index is 0.0743. The van der Waals surface area contributed by atoms with E-state index >= 15 is 0 Å². The van der Waals surface area contributed by atoms with Gasteiger partial charge in [-0.15, -0.1) is 11.3 Å². The monoisotopic (exact) mass is 364 g/mol. The predicted octanol–water partition coefficient (Wildman–Crippen LogP) is 1.82. The molecule has 2 amide bonds. The lowest BCUT2D eigenvalue weighted by molar-refractivity contribution is -0.121. The summed E-state index contributed by atoms with van der Waals surface area (Å²) in [5, 5.41) is 6.01. The first-order chi connectivity index (χ1) is 12.0. The molecule has 2 rings (SSSR count). The lowest BCUT2D eigenvalue weighted by Crippen LogP contribution is -2.32. The second kappa shape index (κ2) is 8.75. The third-order valence-electron chi connectivity index (χ3n) is 3.83. The van der Waals surface area contributed by atoms with Crippen molar-refractivity contribution in [2.75, 3.05) is 13.1 Å². The smallest absolute Gasteiger partial charge is 0.262 e. The largest absolute Gasteiger partial charge is 0.355 e. The van der Waals surface area contributed by atoms with Crippen molar-refractivity contribution in [3.8, 4) is 0 Å². The topological polar surface area (TPSA) is 93.1 Å². The number of carbonyl (C=O) groups is 2. The normalized spacial score (nSPS) is 10.8. The van der Waals surface area contributed by atoms with E-state index in [-0.39, 0.29) is 23.9 Å². The zero-order chi connectivity index (χ0) is 18.4. The number of hydrogen-bond donors (Lipinski definition) is 2. The SMILES string of the molecule is CCCCNC(=O)c1sc2ncn(CC(=O)NCCC)c(=O)c2c1C. The summed E-state index contributed by atoms with van der Waals surface area (Å²) in [5.41, 5.74) is 0.327. The van der Waals surface area contributed by atoms with Crippen LogP contribution in [0, 0.1) is 6.92 Å². The van der Waals surface area contributed by atoms with Crippen LogP contribution in [0.15, 0.2) is 11.1 Å². The molecule has 0 unspecified atom stereocenters. The van der Waals surface area contributed by atoms with E-state index in [0.717, 1.165) is 19.3 Å². The highest BCUT2D eigenvalue weighted by atomic mass is 32.1. The summed E-state index contributed by atoms with van der Waals surface area (Å²) in [6, 6.07) is 0. The number of nitrogens with one attached hydrogen (secondary N) is 2. The molecule has 0 saturated heterocycles. The Morgan fingerprint density at radius 3 is 2.64 bits per heavy atom. The van der Waals surface area contributed by atoms with Crippen LogP contribution >= 0.6 is 11.3 Å². The number of aromatic nitrogens is 2. The Balaban J connectivity index is 2.28. The highest BCUT2D eigenvalue weighted by Gasteiger charge is 2.19. The molecule has 0 saturated carbocycles. The van der Waals surface area contributed by atoms with Crippen LogP contribution in [0.4, 0.5) is 0 Å². The molecule has 8 heteroatoms. The molecule has 0 aromatic carbocycles. The van der Waals surface area contributed by atoms with Gasteiger partial charge < -0.3 is 10.6 Å². The van der Waals surface area contributed by atoms with Crippen molar-refractivity contribution in [3.05, 3.63) is 27.1 Å². The van der Waals surface area contributed by atoms with Crippen LogP contribution in [0.25, 0.3) is 10.2 Å². The predicted molar refractivity (Wildman–Crippen MR) is 99.2 cm³/mol. The van der Waals surface area contributed by atoms with E-state index in [2.05, 4.69) is 22.5 Å². The highest BCUT2D eigenvalue weighted by molar-refractivity contribution is 7.20. The van der Waals surface area contributed by atoms with E-state index in [1.54, 1.807) is 6.92 Å². The summed E-state index contributed by atoms with van der Waals surface area (Å²) >= 11 is 1.21. The van der Waals surface area contributed by atoms with Gasteiger partial charge in [0.1, 0.15) is 11.4 Å². The van der Waals surface area contributed by atoms with Gasteiger partial charge in [0.2, 0.25) is 5.91 Å². The molecule has 0 fully saturated rings. The maximum atomic E-state index is 12.7. The van der Waals surface area contributed by atoms with Crippen LogP contribution in [0.3, 0.4) is 0 Å². The van der Waals surface area contributed by atoms with E-state index < -0.39 is 0 Å². The quantitative estimate of drug-likeness (QED) is 0.699. The summed E-state index contributed by atoms with van der Waals surface area (Å²) in [6.45, 7) is 6.87. The van der Waals surface area contributed by atoms with Gasteiger partial charge in [0, 0.05) is 13.1 Å². The number of hydrogen-bond acceptors (Lipinski definition) is 5. The van der Waals surface area contributed by atoms with Gasteiger partial charge in [-0.2, -0.15) is 0 Å². The molecular formula is C17H24N4O3S. The van der Waals surface area contributed by atoms with Crippen molar-refractivity contribution in [1.82, 2.24) is 20.2 Å². The molecule has 25 heavy (non-hydrogen) atoms. The molecule has 0 bridgehead atoms. The minimum atomic E-state index is -0.294. The Labute approximate surface area is 150 Å². The molecule has 7 nitrogen and oxygen atoms in total. The van der Waals surface area contributed by atoms with Gasteiger partial charge in [0.15, 0.2) is 0 Å². The molecule has 0 aliphatic carbocycles. The fraction of sp³-hybridized carbons (Fsp3) is 0.529. The fourth-order valence-corrected chi connectivity index (χ4v) is 3.48. The molecule has 2 aromatic heterocycles. The Bertz CT molecular complexity index is 825. The number of rotatable bonds is 8. The van der Waals surface area contributed by atoms with Gasteiger partial charge in [-0.1, -0.05) is 20.3 Å². The molecule has 0 aliphatic rings. The number of amides is 2. The van der Waals surface area contributed by atoms with Crippen LogP contribution in [-0.2, 0) is 11.3 Å². The van der Waals surface area contributed by atoms with E-state index in [0.29, 0.717) is 33.7 Å². The van der Waals surface area contributed by atoms with E-state index in [4.69, 9.17) is 0 Å². The van der Waals surface area contributed by atoms with Crippen LogP contribution in [-0.4, -0.2) is 34.5 Å². The van der Waals surface area contributed by atoms with Crippen LogP contribution in [0.5, 0.6) is 0 Å². The third-order valence-corrected chi connectivity index (χ3v) is 5.02. The molecule has 0 aliphatic heterocycles. The van der Waals surface area contributed by atoms with Gasteiger partial charge in [-0.3, -0.25) is 19.0 Å². The van der Waals surface area contributed by atoms with Crippen molar-refractivity contribution in [3.63, 3.8) is 0 Å². The van der Waals surface area contributed by atoms with Crippen LogP contribution in [0.1, 0.15) is 48.3 Å². The molecular weight excluding hydrogens is 340 g/mol. The first kappa shape index (κ1) is 19.1. The van der Waals surface area contributed by atoms with Gasteiger partial charge in [0.05, 0.1) is 16.6 Å². The van der Waals surface area contributed by atoms with Crippen molar-refractivity contribution >= 4 is 33.4 Å². The van der Waals surface area contributed by atoms with Crippen molar-refractivity contribution in [1.29, 1.82) is 0 Å². The Morgan fingerprint density at radius 1 is 1.20 bits per heavy atom. The summed E-state index contributed by atoms with van der Waals surface area (Å²) in [4.78, 5) is 42.1. The number of carbonyl (C=O) groups excluding carboxylic acids is 2. The number of unbranched alkanes of at least 4 members (excludes halogenated alkanes) is 1. The second-order valence-electron chi connectivity index (χ2n) is 5.87. The zero-order valence-corrected chi connectivity index (χ0v) is 15.7. The average Bonchev–Trinajstić information content (AvgIpc) is 2.93. The summed E-state index contributed by atoms with van der Waals surface area (Å²) in [7, 11) is 0. The Kier molecular flexibility index (Phi) is 6.69. The average molecular weight is 364 g/mol. The molecule has 0 radical (unpaired) electrons. The number of fused-ring (bicyclic) bond motifs is 1. The highest BCUT2D eigenvalue weighted by Crippen LogP contribution is 2.26. The maximum Gasteiger partial charge on any atom is 0.262 e. The van der Waals surface area contributed by atoms with Crippen LogP contribution in [0.2, 0.25) is 0 Å². The summed E-state index contributed by atoms with van der Waals surface area (Å²) in [5.74, 6) is -0.406. The first-order valence-electron chi connectivity index (χ1n) is 8.53. The Hall–Kier alpha value is -2.22. The van der Waals surface area contributed by atoms with Gasteiger partial charge in [0.25, 0.3) is 11.5 Å².